The first kappa shape index (κ1) is 16.6. The molecule has 1 fully saturated rings. The maximum Gasteiger partial charge on any atom is 0.227 e. The van der Waals surface area contributed by atoms with Crippen molar-refractivity contribution in [1.82, 2.24) is 9.97 Å². The topological polar surface area (TPSA) is 32.3 Å². The molecule has 0 unspecified atom stereocenters. The van der Waals surface area contributed by atoms with Crippen LogP contribution in [0.2, 0.25) is 0 Å². The Morgan fingerprint density at radius 1 is 0.885 bits per heavy atom. The number of hydrogen-bond acceptors (Lipinski definition) is 4. The fourth-order valence-electron chi connectivity index (χ4n) is 3.60. The lowest BCUT2D eigenvalue weighted by Crippen LogP contribution is -2.34. The minimum Gasteiger partial charge on any atom is -0.341 e. The number of para-hydroxylation sites is 1. The van der Waals surface area contributed by atoms with Gasteiger partial charge in [-0.3, -0.25) is 0 Å². The third-order valence-corrected chi connectivity index (χ3v) is 5.16. The summed E-state index contributed by atoms with van der Waals surface area (Å²) < 4.78 is 0. The molecule has 2 aromatic carbocycles. The number of aromatic nitrogens is 2. The van der Waals surface area contributed by atoms with E-state index in [9.17, 15) is 0 Å². The smallest absolute Gasteiger partial charge is 0.227 e. The van der Waals surface area contributed by atoms with Crippen LogP contribution in [0.1, 0.15) is 24.3 Å². The second kappa shape index (κ2) is 7.56. The van der Waals surface area contributed by atoms with Crippen LogP contribution in [0.5, 0.6) is 0 Å². The van der Waals surface area contributed by atoms with Crippen molar-refractivity contribution < 1.29 is 0 Å². The van der Waals surface area contributed by atoms with Gasteiger partial charge in [-0.15, -0.1) is 0 Å². The standard InChI is InChI=1S/C22H24N4/c1-25(20-10-6-3-7-11-20)21-12-15-23-22(24-21)26-16-13-19(14-17-26)18-8-4-2-5-9-18/h2-12,15,19H,13-14,16-17H2,1H3. The second-order valence-electron chi connectivity index (χ2n) is 6.78. The van der Waals surface area contributed by atoms with Crippen molar-refractivity contribution >= 4 is 17.5 Å². The lowest BCUT2D eigenvalue weighted by atomic mass is 9.90. The van der Waals surface area contributed by atoms with Crippen molar-refractivity contribution in [2.24, 2.45) is 0 Å². The van der Waals surface area contributed by atoms with Crippen molar-refractivity contribution in [2.45, 2.75) is 18.8 Å². The van der Waals surface area contributed by atoms with Gasteiger partial charge in [0, 0.05) is 32.0 Å². The van der Waals surface area contributed by atoms with Crippen LogP contribution in [-0.4, -0.2) is 30.1 Å². The van der Waals surface area contributed by atoms with Crippen LogP contribution >= 0.6 is 0 Å². The first-order chi connectivity index (χ1) is 12.8. The van der Waals surface area contributed by atoms with Crippen LogP contribution in [0.3, 0.4) is 0 Å². The first-order valence-corrected chi connectivity index (χ1v) is 9.23. The second-order valence-corrected chi connectivity index (χ2v) is 6.78. The highest BCUT2D eigenvalue weighted by atomic mass is 15.3. The molecule has 4 heteroatoms. The third-order valence-electron chi connectivity index (χ3n) is 5.16. The van der Waals surface area contributed by atoms with Gasteiger partial charge in [0.2, 0.25) is 5.95 Å². The van der Waals surface area contributed by atoms with Gasteiger partial charge < -0.3 is 9.80 Å². The Labute approximate surface area is 155 Å². The molecule has 0 N–H and O–H groups in total. The Bertz CT molecular complexity index is 827. The summed E-state index contributed by atoms with van der Waals surface area (Å²) in [5.74, 6) is 2.39. The molecule has 1 aliphatic rings. The summed E-state index contributed by atoms with van der Waals surface area (Å²) in [6.45, 7) is 2.00. The number of anilines is 3. The molecule has 2 heterocycles. The molecule has 0 amide bonds. The van der Waals surface area contributed by atoms with E-state index in [1.807, 2.05) is 37.5 Å². The van der Waals surface area contributed by atoms with Crippen LogP contribution < -0.4 is 9.80 Å². The van der Waals surface area contributed by atoms with Crippen molar-refractivity contribution in [3.8, 4) is 0 Å². The van der Waals surface area contributed by atoms with Gasteiger partial charge in [-0.05, 0) is 42.5 Å². The average Bonchev–Trinajstić information content (AvgIpc) is 2.75. The zero-order valence-electron chi connectivity index (χ0n) is 15.1. The number of benzene rings is 2. The van der Waals surface area contributed by atoms with Gasteiger partial charge in [0.05, 0.1) is 0 Å². The van der Waals surface area contributed by atoms with E-state index in [1.165, 1.54) is 5.56 Å². The Morgan fingerprint density at radius 3 is 2.23 bits per heavy atom. The maximum absolute atomic E-state index is 4.81. The molecule has 3 aromatic rings. The van der Waals surface area contributed by atoms with Crippen LogP contribution in [0.4, 0.5) is 17.5 Å². The number of nitrogens with zero attached hydrogens (tertiary/aromatic N) is 4. The number of rotatable bonds is 4. The summed E-state index contributed by atoms with van der Waals surface area (Å²) in [6.07, 6.45) is 4.15. The molecule has 1 aromatic heterocycles. The number of piperidine rings is 1. The Morgan fingerprint density at radius 2 is 1.54 bits per heavy atom. The summed E-state index contributed by atoms with van der Waals surface area (Å²) in [5.41, 5.74) is 2.57. The third kappa shape index (κ3) is 3.54. The van der Waals surface area contributed by atoms with Crippen molar-refractivity contribution in [1.29, 1.82) is 0 Å². The lowest BCUT2D eigenvalue weighted by Gasteiger charge is -2.32. The fraction of sp³-hybridized carbons (Fsp3) is 0.273. The normalized spacial score (nSPS) is 15.0. The molecular formula is C22H24N4. The molecule has 1 saturated heterocycles. The van der Waals surface area contributed by atoms with E-state index in [2.05, 4.69) is 57.2 Å². The maximum atomic E-state index is 4.81. The Hall–Kier alpha value is -2.88. The van der Waals surface area contributed by atoms with Crippen LogP contribution in [0.15, 0.2) is 72.9 Å². The molecule has 0 saturated carbocycles. The number of hydrogen-bond donors (Lipinski definition) is 0. The SMILES string of the molecule is CN(c1ccccc1)c1ccnc(N2CCC(c3ccccc3)CC2)n1. The van der Waals surface area contributed by atoms with Gasteiger partial charge in [0.15, 0.2) is 0 Å². The molecule has 0 atom stereocenters. The summed E-state index contributed by atoms with van der Waals surface area (Å²) in [6, 6.07) is 23.1. The minimum absolute atomic E-state index is 0.641. The molecule has 0 aliphatic carbocycles. The first-order valence-electron chi connectivity index (χ1n) is 9.23. The summed E-state index contributed by atoms with van der Waals surface area (Å²) in [4.78, 5) is 13.7. The summed E-state index contributed by atoms with van der Waals surface area (Å²) in [7, 11) is 2.04. The van der Waals surface area contributed by atoms with E-state index in [0.717, 1.165) is 43.4 Å². The molecule has 4 nitrogen and oxygen atoms in total. The van der Waals surface area contributed by atoms with E-state index < -0.39 is 0 Å². The van der Waals surface area contributed by atoms with Gasteiger partial charge >= 0.3 is 0 Å². The van der Waals surface area contributed by atoms with Crippen LogP contribution in [-0.2, 0) is 0 Å². The molecule has 0 radical (unpaired) electrons. The van der Waals surface area contributed by atoms with Gasteiger partial charge in [-0.2, -0.15) is 4.98 Å². The van der Waals surface area contributed by atoms with Crippen molar-refractivity contribution in [3.05, 3.63) is 78.5 Å². The predicted octanol–water partition coefficient (Wildman–Crippen LogP) is 4.63. The van der Waals surface area contributed by atoms with E-state index in [1.54, 1.807) is 0 Å². The Balaban J connectivity index is 1.46. The zero-order valence-corrected chi connectivity index (χ0v) is 15.1. The van der Waals surface area contributed by atoms with Gasteiger partial charge in [-0.1, -0.05) is 48.5 Å². The highest BCUT2D eigenvalue weighted by molar-refractivity contribution is 5.59. The van der Waals surface area contributed by atoms with Crippen molar-refractivity contribution in [2.75, 3.05) is 29.9 Å². The van der Waals surface area contributed by atoms with Gasteiger partial charge in [0.1, 0.15) is 5.82 Å². The molecule has 0 spiro atoms. The highest BCUT2D eigenvalue weighted by Crippen LogP contribution is 2.30. The summed E-state index contributed by atoms with van der Waals surface area (Å²) >= 11 is 0. The molecule has 132 valence electrons. The van der Waals surface area contributed by atoms with E-state index in [-0.39, 0.29) is 0 Å². The van der Waals surface area contributed by atoms with E-state index >= 15 is 0 Å². The lowest BCUT2D eigenvalue weighted by molar-refractivity contribution is 0.499. The average molecular weight is 344 g/mol. The molecule has 0 bridgehead atoms. The van der Waals surface area contributed by atoms with Gasteiger partial charge in [0.25, 0.3) is 0 Å². The molecular weight excluding hydrogens is 320 g/mol. The summed E-state index contributed by atoms with van der Waals surface area (Å²) in [5, 5.41) is 0. The van der Waals surface area contributed by atoms with Crippen LogP contribution in [0, 0.1) is 0 Å². The molecule has 4 rings (SSSR count). The highest BCUT2D eigenvalue weighted by Gasteiger charge is 2.22. The molecule has 26 heavy (non-hydrogen) atoms. The zero-order chi connectivity index (χ0) is 17.8. The van der Waals surface area contributed by atoms with E-state index in [0.29, 0.717) is 5.92 Å². The quantitative estimate of drug-likeness (QED) is 0.691. The predicted molar refractivity (Wildman–Crippen MR) is 107 cm³/mol. The van der Waals surface area contributed by atoms with Crippen LogP contribution in [0.25, 0.3) is 0 Å². The van der Waals surface area contributed by atoms with Gasteiger partial charge in [-0.25, -0.2) is 4.98 Å². The fourth-order valence-corrected chi connectivity index (χ4v) is 3.60. The minimum atomic E-state index is 0.641. The van der Waals surface area contributed by atoms with Crippen molar-refractivity contribution in [3.63, 3.8) is 0 Å². The van der Waals surface area contributed by atoms with E-state index in [4.69, 9.17) is 4.98 Å². The molecule has 1 aliphatic heterocycles. The monoisotopic (exact) mass is 344 g/mol. The largest absolute Gasteiger partial charge is 0.341 e. The Kier molecular flexibility index (Phi) is 4.82.